The molecule has 29 heavy (non-hydrogen) atoms. The lowest BCUT2D eigenvalue weighted by atomic mass is 9.96. The van der Waals surface area contributed by atoms with Crippen molar-refractivity contribution in [1.29, 1.82) is 0 Å². The lowest BCUT2D eigenvalue weighted by molar-refractivity contribution is 0.628. The maximum Gasteiger partial charge on any atom is 0.165 e. The Morgan fingerprint density at radius 2 is 2.00 bits per heavy atom. The first-order valence-electron chi connectivity index (χ1n) is 10.0. The molecule has 0 radical (unpaired) electrons. The van der Waals surface area contributed by atoms with E-state index in [1.807, 2.05) is 35.7 Å². The van der Waals surface area contributed by atoms with Gasteiger partial charge in [0.15, 0.2) is 5.65 Å². The van der Waals surface area contributed by atoms with Gasteiger partial charge in [-0.2, -0.15) is 9.61 Å². The van der Waals surface area contributed by atoms with Crippen LogP contribution in [0.2, 0.25) is 0 Å². The van der Waals surface area contributed by atoms with Gasteiger partial charge in [0.1, 0.15) is 11.6 Å². The molecule has 5 nitrogen and oxygen atoms in total. The summed E-state index contributed by atoms with van der Waals surface area (Å²) in [5.74, 6) is 0.716. The summed E-state index contributed by atoms with van der Waals surface area (Å²) in [7, 11) is 0. The van der Waals surface area contributed by atoms with Crippen molar-refractivity contribution in [1.82, 2.24) is 19.6 Å². The number of aromatic nitrogens is 4. The summed E-state index contributed by atoms with van der Waals surface area (Å²) >= 11 is 0. The topological polar surface area (TPSA) is 55.1 Å². The van der Waals surface area contributed by atoms with E-state index in [-0.39, 0.29) is 5.82 Å². The van der Waals surface area contributed by atoms with Gasteiger partial charge in [0.05, 0.1) is 17.9 Å². The number of nitrogens with one attached hydrogen (secondary N) is 1. The van der Waals surface area contributed by atoms with Crippen molar-refractivity contribution in [3.8, 4) is 11.1 Å². The number of aryl methyl sites for hydroxylation is 2. The van der Waals surface area contributed by atoms with Crippen LogP contribution in [-0.4, -0.2) is 19.6 Å². The van der Waals surface area contributed by atoms with Crippen LogP contribution in [0.5, 0.6) is 0 Å². The lowest BCUT2D eigenvalue weighted by Crippen LogP contribution is -2.15. The molecule has 3 aromatic heterocycles. The van der Waals surface area contributed by atoms with Crippen LogP contribution in [0.25, 0.3) is 16.8 Å². The monoisotopic (exact) mass is 387 g/mol. The van der Waals surface area contributed by atoms with Gasteiger partial charge in [-0.3, -0.25) is 4.98 Å². The summed E-state index contributed by atoms with van der Waals surface area (Å²) in [5.41, 5.74) is 6.62. The van der Waals surface area contributed by atoms with Crippen LogP contribution < -0.4 is 5.32 Å². The first-order valence-corrected chi connectivity index (χ1v) is 10.0. The molecule has 0 saturated heterocycles. The zero-order valence-electron chi connectivity index (χ0n) is 16.3. The molecule has 4 aromatic rings. The summed E-state index contributed by atoms with van der Waals surface area (Å²) in [4.78, 5) is 9.40. The Bertz CT molecular complexity index is 1180. The molecule has 3 heterocycles. The van der Waals surface area contributed by atoms with Crippen LogP contribution in [-0.2, 0) is 19.4 Å². The number of benzene rings is 1. The van der Waals surface area contributed by atoms with Crippen LogP contribution in [0.15, 0.2) is 48.7 Å². The molecular formula is C23H22FN5. The number of nitrogens with zero attached hydrogens (tertiary/aromatic N) is 4. The summed E-state index contributed by atoms with van der Waals surface area (Å²) < 4.78 is 15.8. The Balaban J connectivity index is 1.67. The predicted molar refractivity (Wildman–Crippen MR) is 111 cm³/mol. The molecule has 0 spiro atoms. The second-order valence-corrected chi connectivity index (χ2v) is 7.47. The molecule has 0 fully saturated rings. The van der Waals surface area contributed by atoms with Crippen LogP contribution in [0.1, 0.15) is 35.5 Å². The normalized spacial score (nSPS) is 13.4. The van der Waals surface area contributed by atoms with Gasteiger partial charge in [0.25, 0.3) is 0 Å². The average Bonchev–Trinajstić information content (AvgIpc) is 3.07. The highest BCUT2D eigenvalue weighted by molar-refractivity contribution is 5.81. The second-order valence-electron chi connectivity index (χ2n) is 7.47. The molecule has 0 saturated carbocycles. The van der Waals surface area contributed by atoms with E-state index in [1.165, 1.54) is 11.6 Å². The van der Waals surface area contributed by atoms with E-state index < -0.39 is 0 Å². The smallest absolute Gasteiger partial charge is 0.165 e. The average molecular weight is 387 g/mol. The van der Waals surface area contributed by atoms with E-state index >= 15 is 0 Å². The fraction of sp³-hybridized carbons (Fsp3) is 0.261. The first kappa shape index (κ1) is 17.8. The van der Waals surface area contributed by atoms with Crippen molar-refractivity contribution < 1.29 is 4.39 Å². The first-order chi connectivity index (χ1) is 14.2. The zero-order valence-corrected chi connectivity index (χ0v) is 16.3. The van der Waals surface area contributed by atoms with Crippen LogP contribution in [0.4, 0.5) is 10.2 Å². The maximum absolute atomic E-state index is 13.9. The Labute approximate surface area is 168 Å². The molecule has 146 valence electrons. The van der Waals surface area contributed by atoms with Crippen molar-refractivity contribution in [3.05, 3.63) is 77.1 Å². The fourth-order valence-corrected chi connectivity index (χ4v) is 4.14. The van der Waals surface area contributed by atoms with Gasteiger partial charge in [-0.1, -0.05) is 18.2 Å². The number of rotatable bonds is 4. The highest BCUT2D eigenvalue weighted by atomic mass is 19.1. The van der Waals surface area contributed by atoms with Crippen molar-refractivity contribution in [2.24, 2.45) is 0 Å². The quantitative estimate of drug-likeness (QED) is 0.550. The standard InChI is InChI=1S/C23H22FN5/c1-15-21(16-7-6-8-17(24)13-16)23-27-20-11-3-2-10-19(20)22(29(23)28-15)26-14-18-9-4-5-12-25-18/h4-9,12-13,26H,2-3,10-11,14H2,1H3. The van der Waals surface area contributed by atoms with Gasteiger partial charge in [0, 0.05) is 23.0 Å². The van der Waals surface area contributed by atoms with Gasteiger partial charge in [-0.15, -0.1) is 0 Å². The summed E-state index contributed by atoms with van der Waals surface area (Å²) in [6, 6.07) is 12.6. The van der Waals surface area contributed by atoms with Crippen molar-refractivity contribution in [2.75, 3.05) is 5.32 Å². The number of halogens is 1. The molecule has 1 N–H and O–H groups in total. The van der Waals surface area contributed by atoms with Crippen LogP contribution in [0.3, 0.4) is 0 Å². The lowest BCUT2D eigenvalue weighted by Gasteiger charge is -2.20. The van der Waals surface area contributed by atoms with E-state index in [2.05, 4.69) is 10.3 Å². The van der Waals surface area contributed by atoms with E-state index in [0.29, 0.717) is 6.54 Å². The zero-order chi connectivity index (χ0) is 19.8. The molecule has 1 aliphatic rings. The Kier molecular flexibility index (Phi) is 4.46. The minimum atomic E-state index is -0.257. The third-order valence-corrected chi connectivity index (χ3v) is 5.49. The SMILES string of the molecule is Cc1nn2c(NCc3ccccn3)c3c(nc2c1-c1cccc(F)c1)CCCC3. The van der Waals surface area contributed by atoms with Crippen molar-refractivity contribution in [3.63, 3.8) is 0 Å². The molecule has 0 atom stereocenters. The van der Waals surface area contributed by atoms with E-state index in [9.17, 15) is 4.39 Å². The van der Waals surface area contributed by atoms with Gasteiger partial charge < -0.3 is 5.32 Å². The summed E-state index contributed by atoms with van der Waals surface area (Å²) in [6.07, 6.45) is 6.02. The maximum atomic E-state index is 13.9. The molecule has 5 rings (SSSR count). The van der Waals surface area contributed by atoms with Crippen molar-refractivity contribution in [2.45, 2.75) is 39.2 Å². The Morgan fingerprint density at radius 3 is 2.83 bits per heavy atom. The highest BCUT2D eigenvalue weighted by Crippen LogP contribution is 2.34. The molecule has 0 unspecified atom stereocenters. The van der Waals surface area contributed by atoms with E-state index in [0.717, 1.165) is 65.4 Å². The number of anilines is 1. The Morgan fingerprint density at radius 1 is 1.10 bits per heavy atom. The largest absolute Gasteiger partial charge is 0.364 e. The molecule has 6 heteroatoms. The fourth-order valence-electron chi connectivity index (χ4n) is 4.14. The summed E-state index contributed by atoms with van der Waals surface area (Å²) in [6.45, 7) is 2.57. The molecule has 0 amide bonds. The van der Waals surface area contributed by atoms with Crippen molar-refractivity contribution >= 4 is 11.5 Å². The predicted octanol–water partition coefficient (Wildman–Crippen LogP) is 4.73. The van der Waals surface area contributed by atoms with E-state index in [4.69, 9.17) is 10.1 Å². The van der Waals surface area contributed by atoms with Crippen LogP contribution in [0, 0.1) is 12.7 Å². The molecule has 1 aromatic carbocycles. The number of fused-ring (bicyclic) bond motifs is 2. The minimum absolute atomic E-state index is 0.257. The van der Waals surface area contributed by atoms with Gasteiger partial charge >= 0.3 is 0 Å². The molecule has 0 aliphatic heterocycles. The van der Waals surface area contributed by atoms with Gasteiger partial charge in [-0.05, 0) is 62.4 Å². The van der Waals surface area contributed by atoms with Gasteiger partial charge in [-0.25, -0.2) is 9.37 Å². The molecular weight excluding hydrogens is 365 g/mol. The minimum Gasteiger partial charge on any atom is -0.364 e. The third-order valence-electron chi connectivity index (χ3n) is 5.49. The van der Waals surface area contributed by atoms with Crippen LogP contribution >= 0.6 is 0 Å². The number of pyridine rings is 1. The van der Waals surface area contributed by atoms with Gasteiger partial charge in [0.2, 0.25) is 0 Å². The Hall–Kier alpha value is -3.28. The van der Waals surface area contributed by atoms with E-state index in [1.54, 1.807) is 18.3 Å². The number of hydrogen-bond donors (Lipinski definition) is 1. The number of hydrogen-bond acceptors (Lipinski definition) is 4. The second kappa shape index (κ2) is 7.28. The summed E-state index contributed by atoms with van der Waals surface area (Å²) in [5, 5.41) is 8.35. The molecule has 0 bridgehead atoms. The third kappa shape index (κ3) is 3.24. The molecule has 1 aliphatic carbocycles. The highest BCUT2D eigenvalue weighted by Gasteiger charge is 2.23.